The average molecular weight is 374 g/mol. The number of carbonyl (C=O) groups is 1. The Morgan fingerprint density at radius 3 is 2.46 bits per heavy atom. The van der Waals surface area contributed by atoms with E-state index in [4.69, 9.17) is 19.3 Å². The molecule has 1 unspecified atom stereocenters. The largest absolute Gasteiger partial charge is 0.493 e. The lowest BCUT2D eigenvalue weighted by Gasteiger charge is -2.39. The van der Waals surface area contributed by atoms with Crippen molar-refractivity contribution in [1.29, 1.82) is 0 Å². The number of carboxylic acid groups (broad SMARTS) is 1. The molecule has 0 saturated carbocycles. The second kappa shape index (κ2) is 8.62. The van der Waals surface area contributed by atoms with Gasteiger partial charge >= 0.3 is 5.97 Å². The van der Waals surface area contributed by atoms with Gasteiger partial charge in [-0.25, -0.2) is 0 Å². The minimum Gasteiger partial charge on any atom is -0.493 e. The molecule has 26 heavy (non-hydrogen) atoms. The van der Waals surface area contributed by atoms with Crippen molar-refractivity contribution in [2.45, 2.75) is 43.2 Å². The van der Waals surface area contributed by atoms with Crippen molar-refractivity contribution >= 4 is 5.97 Å². The zero-order chi connectivity index (χ0) is 19.4. The van der Waals surface area contributed by atoms with Crippen LogP contribution in [0.25, 0.3) is 0 Å². The van der Waals surface area contributed by atoms with Crippen LogP contribution in [0.5, 0.6) is 11.5 Å². The second-order valence-electron chi connectivity index (χ2n) is 5.84. The number of rotatable bonds is 7. The van der Waals surface area contributed by atoms with Gasteiger partial charge in [0, 0.05) is 0 Å². The Balaban J connectivity index is 2.19. The molecule has 10 heteroatoms. The van der Waals surface area contributed by atoms with Crippen molar-refractivity contribution in [2.75, 3.05) is 13.7 Å². The lowest BCUT2D eigenvalue weighted by atomic mass is 9.99. The second-order valence-corrected chi connectivity index (χ2v) is 5.84. The van der Waals surface area contributed by atoms with E-state index in [1.165, 1.54) is 25.3 Å². The highest BCUT2D eigenvalue weighted by Crippen LogP contribution is 2.34. The van der Waals surface area contributed by atoms with Gasteiger partial charge in [0.1, 0.15) is 24.4 Å². The molecule has 1 aliphatic heterocycles. The van der Waals surface area contributed by atoms with Crippen molar-refractivity contribution in [3.63, 3.8) is 0 Å². The van der Waals surface area contributed by atoms with Gasteiger partial charge in [-0.2, -0.15) is 0 Å². The summed E-state index contributed by atoms with van der Waals surface area (Å²) in [6.07, 6.45) is -8.94. The van der Waals surface area contributed by atoms with Crippen LogP contribution in [-0.4, -0.2) is 81.0 Å². The summed E-state index contributed by atoms with van der Waals surface area (Å²) in [5.74, 6) is -0.954. The molecule has 1 aromatic carbocycles. The minimum atomic E-state index is -1.59. The predicted octanol–water partition coefficient (Wildman–Crippen LogP) is -1.62. The van der Waals surface area contributed by atoms with E-state index in [2.05, 4.69) is 0 Å². The summed E-state index contributed by atoms with van der Waals surface area (Å²) < 4.78 is 15.9. The SMILES string of the molecule is COc1cc(C(O)CC(=O)O)ccc1O[C@@H]1O[C@H](CO)[C@@H](O)[C@H](O)[C@H]1O. The lowest BCUT2D eigenvalue weighted by Crippen LogP contribution is -2.60. The maximum absolute atomic E-state index is 10.7. The average Bonchev–Trinajstić information content (AvgIpc) is 2.61. The van der Waals surface area contributed by atoms with Gasteiger partial charge in [0.05, 0.1) is 26.2 Å². The van der Waals surface area contributed by atoms with E-state index in [-0.39, 0.29) is 17.1 Å². The highest BCUT2D eigenvalue weighted by molar-refractivity contribution is 5.67. The first kappa shape index (κ1) is 20.4. The number of aliphatic hydroxyl groups excluding tert-OH is 5. The summed E-state index contributed by atoms with van der Waals surface area (Å²) in [7, 11) is 1.32. The van der Waals surface area contributed by atoms with Crippen molar-refractivity contribution in [3.8, 4) is 11.5 Å². The van der Waals surface area contributed by atoms with E-state index < -0.39 is 55.8 Å². The summed E-state index contributed by atoms with van der Waals surface area (Å²) in [4.78, 5) is 10.7. The number of aliphatic hydroxyl groups is 5. The summed E-state index contributed by atoms with van der Waals surface area (Å²) in [6, 6.07) is 4.16. The molecule has 0 radical (unpaired) electrons. The fraction of sp³-hybridized carbons (Fsp3) is 0.562. The molecule has 0 amide bonds. The summed E-state index contributed by atoms with van der Waals surface area (Å²) in [5.41, 5.74) is 0.283. The van der Waals surface area contributed by atoms with E-state index in [1.807, 2.05) is 0 Å². The van der Waals surface area contributed by atoms with Crippen LogP contribution >= 0.6 is 0 Å². The summed E-state index contributed by atoms with van der Waals surface area (Å²) >= 11 is 0. The van der Waals surface area contributed by atoms with Gasteiger partial charge < -0.3 is 44.8 Å². The van der Waals surface area contributed by atoms with Crippen molar-refractivity contribution in [1.82, 2.24) is 0 Å². The minimum absolute atomic E-state index is 0.0862. The molecule has 1 saturated heterocycles. The Bertz CT molecular complexity index is 619. The molecule has 10 nitrogen and oxygen atoms in total. The number of ether oxygens (including phenoxy) is 3. The van der Waals surface area contributed by atoms with Crippen LogP contribution in [0.4, 0.5) is 0 Å². The highest BCUT2D eigenvalue weighted by atomic mass is 16.7. The van der Waals surface area contributed by atoms with Gasteiger partial charge in [-0.1, -0.05) is 6.07 Å². The van der Waals surface area contributed by atoms with E-state index in [0.717, 1.165) is 0 Å². The Morgan fingerprint density at radius 1 is 1.19 bits per heavy atom. The number of carboxylic acids is 1. The van der Waals surface area contributed by atoms with Crippen molar-refractivity contribution in [3.05, 3.63) is 23.8 Å². The lowest BCUT2D eigenvalue weighted by molar-refractivity contribution is -0.277. The number of hydrogen-bond donors (Lipinski definition) is 6. The zero-order valence-corrected chi connectivity index (χ0v) is 13.9. The van der Waals surface area contributed by atoms with Crippen LogP contribution in [0.1, 0.15) is 18.1 Å². The quantitative estimate of drug-likeness (QED) is 0.326. The molecule has 1 aromatic rings. The molecule has 0 aliphatic carbocycles. The number of aliphatic carboxylic acids is 1. The topological polar surface area (TPSA) is 166 Å². The molecular weight excluding hydrogens is 352 g/mol. The fourth-order valence-electron chi connectivity index (χ4n) is 2.56. The molecule has 6 atom stereocenters. The number of methoxy groups -OCH3 is 1. The van der Waals surface area contributed by atoms with Crippen molar-refractivity contribution in [2.24, 2.45) is 0 Å². The Kier molecular flexibility index (Phi) is 6.75. The molecular formula is C16H22O10. The Labute approximate surface area is 148 Å². The smallest absolute Gasteiger partial charge is 0.306 e. The summed E-state index contributed by atoms with van der Waals surface area (Å²) in [5, 5.41) is 57.3. The normalized spacial score (nSPS) is 29.8. The van der Waals surface area contributed by atoms with E-state index >= 15 is 0 Å². The molecule has 1 heterocycles. The fourth-order valence-corrected chi connectivity index (χ4v) is 2.56. The van der Waals surface area contributed by atoms with E-state index in [0.29, 0.717) is 0 Å². The molecule has 1 aliphatic rings. The Hall–Kier alpha value is -1.95. The third-order valence-electron chi connectivity index (χ3n) is 4.03. The van der Waals surface area contributed by atoms with Gasteiger partial charge in [-0.3, -0.25) is 4.79 Å². The first-order chi connectivity index (χ1) is 12.3. The molecule has 0 aromatic heterocycles. The molecule has 0 spiro atoms. The molecule has 146 valence electrons. The van der Waals surface area contributed by atoms with Crippen LogP contribution in [0, 0.1) is 0 Å². The zero-order valence-electron chi connectivity index (χ0n) is 13.9. The van der Waals surface area contributed by atoms with Crippen LogP contribution in [0.15, 0.2) is 18.2 Å². The monoisotopic (exact) mass is 374 g/mol. The van der Waals surface area contributed by atoms with Gasteiger partial charge in [0.2, 0.25) is 6.29 Å². The van der Waals surface area contributed by atoms with Crippen molar-refractivity contribution < 1.29 is 49.6 Å². The summed E-state index contributed by atoms with van der Waals surface area (Å²) in [6.45, 7) is -0.595. The first-order valence-electron chi connectivity index (χ1n) is 7.83. The maximum atomic E-state index is 10.7. The van der Waals surface area contributed by atoms with Gasteiger partial charge in [0.15, 0.2) is 11.5 Å². The molecule has 6 N–H and O–H groups in total. The molecule has 0 bridgehead atoms. The van der Waals surface area contributed by atoms with Crippen LogP contribution in [-0.2, 0) is 9.53 Å². The number of hydrogen-bond acceptors (Lipinski definition) is 9. The molecule has 1 fully saturated rings. The third kappa shape index (κ3) is 4.41. The van der Waals surface area contributed by atoms with E-state index in [1.54, 1.807) is 0 Å². The number of benzene rings is 1. The van der Waals surface area contributed by atoms with Crippen LogP contribution in [0.2, 0.25) is 0 Å². The Morgan fingerprint density at radius 2 is 1.88 bits per heavy atom. The van der Waals surface area contributed by atoms with Gasteiger partial charge in [-0.05, 0) is 17.7 Å². The van der Waals surface area contributed by atoms with Crippen LogP contribution in [0.3, 0.4) is 0 Å². The standard InChI is InChI=1S/C16H22O10/c1-24-10-4-7(8(18)5-12(19)20)2-3-9(10)25-16-15(23)14(22)13(21)11(6-17)26-16/h2-4,8,11,13-18,21-23H,5-6H2,1H3,(H,19,20)/t8?,11-,13-,14+,15-,16-/m1/s1. The first-order valence-corrected chi connectivity index (χ1v) is 7.83. The molecule has 2 rings (SSSR count). The third-order valence-corrected chi connectivity index (χ3v) is 4.03. The predicted molar refractivity (Wildman–Crippen MR) is 84.6 cm³/mol. The van der Waals surface area contributed by atoms with Gasteiger partial charge in [0.25, 0.3) is 0 Å². The highest BCUT2D eigenvalue weighted by Gasteiger charge is 2.44. The van der Waals surface area contributed by atoms with Crippen LogP contribution < -0.4 is 9.47 Å². The maximum Gasteiger partial charge on any atom is 0.306 e. The van der Waals surface area contributed by atoms with E-state index in [9.17, 15) is 30.3 Å². The van der Waals surface area contributed by atoms with Gasteiger partial charge in [-0.15, -0.1) is 0 Å².